The standard InChI is InChI=1S/C12H17BNOP/c13-7-5-12(15)14-9-11-3-1-10(2-4-11)6-8-16/h1-4H,5-9,16H2,(H,14,15). The highest BCUT2D eigenvalue weighted by Gasteiger charge is 1.99. The Kier molecular flexibility index (Phi) is 6.18. The van der Waals surface area contributed by atoms with Gasteiger partial charge in [0.05, 0.1) is 7.85 Å². The van der Waals surface area contributed by atoms with Crippen molar-refractivity contribution >= 4 is 23.0 Å². The molecule has 0 aromatic heterocycles. The third-order valence-corrected chi connectivity index (χ3v) is 2.61. The van der Waals surface area contributed by atoms with E-state index in [1.807, 2.05) is 0 Å². The predicted molar refractivity (Wildman–Crippen MR) is 71.7 cm³/mol. The summed E-state index contributed by atoms with van der Waals surface area (Å²) in [5, 5.41) is 2.83. The van der Waals surface area contributed by atoms with Gasteiger partial charge in [-0.2, -0.15) is 0 Å². The Morgan fingerprint density at radius 3 is 2.44 bits per heavy atom. The van der Waals surface area contributed by atoms with E-state index in [2.05, 4.69) is 38.8 Å². The average Bonchev–Trinajstić information content (AvgIpc) is 2.29. The van der Waals surface area contributed by atoms with E-state index >= 15 is 0 Å². The van der Waals surface area contributed by atoms with Gasteiger partial charge in [0.15, 0.2) is 0 Å². The number of nitrogens with one attached hydrogen (secondary N) is 1. The Labute approximate surface area is 101 Å². The summed E-state index contributed by atoms with van der Waals surface area (Å²) in [4.78, 5) is 11.2. The van der Waals surface area contributed by atoms with Gasteiger partial charge in [-0.15, -0.1) is 9.24 Å². The Morgan fingerprint density at radius 2 is 1.88 bits per heavy atom. The molecule has 4 heteroatoms. The van der Waals surface area contributed by atoms with Crippen molar-refractivity contribution in [2.45, 2.75) is 25.7 Å². The Balaban J connectivity index is 2.40. The summed E-state index contributed by atoms with van der Waals surface area (Å²) in [6, 6.07) is 8.32. The van der Waals surface area contributed by atoms with Crippen molar-refractivity contribution in [3.8, 4) is 0 Å². The van der Waals surface area contributed by atoms with Crippen LogP contribution in [0, 0.1) is 0 Å². The van der Waals surface area contributed by atoms with Crippen LogP contribution in [-0.4, -0.2) is 19.9 Å². The number of benzene rings is 1. The molecule has 84 valence electrons. The summed E-state index contributed by atoms with van der Waals surface area (Å²) >= 11 is 0. The van der Waals surface area contributed by atoms with Crippen LogP contribution in [0.1, 0.15) is 17.5 Å². The lowest BCUT2D eigenvalue weighted by Gasteiger charge is -2.05. The molecule has 0 aliphatic heterocycles. The molecule has 2 radical (unpaired) electrons. The number of amides is 1. The number of hydrogen-bond donors (Lipinski definition) is 1. The lowest BCUT2D eigenvalue weighted by molar-refractivity contribution is -0.120. The van der Waals surface area contributed by atoms with E-state index in [0.29, 0.717) is 19.3 Å². The van der Waals surface area contributed by atoms with E-state index in [1.165, 1.54) is 5.56 Å². The lowest BCUT2D eigenvalue weighted by atomic mass is 10.0. The summed E-state index contributed by atoms with van der Waals surface area (Å²) in [7, 11) is 8.01. The van der Waals surface area contributed by atoms with Gasteiger partial charge in [0.1, 0.15) is 0 Å². The second-order valence-electron chi connectivity index (χ2n) is 3.67. The van der Waals surface area contributed by atoms with Crippen LogP contribution in [0.5, 0.6) is 0 Å². The van der Waals surface area contributed by atoms with Crippen molar-refractivity contribution < 1.29 is 4.79 Å². The zero-order valence-electron chi connectivity index (χ0n) is 9.41. The summed E-state index contributed by atoms with van der Waals surface area (Å²) in [5.74, 6) is 0.0107. The monoisotopic (exact) mass is 233 g/mol. The molecule has 0 bridgehead atoms. The number of hydrogen-bond acceptors (Lipinski definition) is 1. The maximum absolute atomic E-state index is 11.2. The first kappa shape index (κ1) is 13.3. The fraction of sp³-hybridized carbons (Fsp3) is 0.417. The van der Waals surface area contributed by atoms with Crippen molar-refractivity contribution in [2.75, 3.05) is 6.16 Å². The molecule has 2 nitrogen and oxygen atoms in total. The van der Waals surface area contributed by atoms with Gasteiger partial charge in [-0.25, -0.2) is 0 Å². The maximum Gasteiger partial charge on any atom is 0.219 e. The smallest absolute Gasteiger partial charge is 0.219 e. The number of rotatable bonds is 6. The second-order valence-corrected chi connectivity index (χ2v) is 4.25. The minimum Gasteiger partial charge on any atom is -0.352 e. The lowest BCUT2D eigenvalue weighted by Crippen LogP contribution is -2.22. The first-order valence-corrected chi connectivity index (χ1v) is 6.32. The zero-order valence-corrected chi connectivity index (χ0v) is 10.6. The van der Waals surface area contributed by atoms with Crippen molar-refractivity contribution in [1.82, 2.24) is 5.32 Å². The quantitative estimate of drug-likeness (QED) is 0.588. The molecule has 1 unspecified atom stereocenters. The highest BCUT2D eigenvalue weighted by molar-refractivity contribution is 7.16. The van der Waals surface area contributed by atoms with Gasteiger partial charge >= 0.3 is 0 Å². The Morgan fingerprint density at radius 1 is 1.25 bits per heavy atom. The first-order chi connectivity index (χ1) is 7.76. The van der Waals surface area contributed by atoms with Crippen molar-refractivity contribution in [3.63, 3.8) is 0 Å². The van der Waals surface area contributed by atoms with E-state index in [4.69, 9.17) is 7.85 Å². The third-order valence-electron chi connectivity index (χ3n) is 2.32. The molecule has 1 amide bonds. The van der Waals surface area contributed by atoms with Crippen LogP contribution in [-0.2, 0) is 17.8 Å². The van der Waals surface area contributed by atoms with Gasteiger partial charge in [0, 0.05) is 13.0 Å². The molecule has 1 atom stereocenters. The van der Waals surface area contributed by atoms with E-state index in [1.54, 1.807) is 0 Å². The maximum atomic E-state index is 11.2. The van der Waals surface area contributed by atoms with Gasteiger partial charge in [0.2, 0.25) is 5.91 Å². The molecule has 0 aliphatic rings. The molecule has 0 aliphatic carbocycles. The molecule has 1 rings (SSSR count). The fourth-order valence-electron chi connectivity index (χ4n) is 1.41. The van der Waals surface area contributed by atoms with Crippen molar-refractivity contribution in [3.05, 3.63) is 35.4 Å². The van der Waals surface area contributed by atoms with E-state index in [0.717, 1.165) is 18.1 Å². The normalized spacial score (nSPS) is 10.1. The molecule has 0 fully saturated rings. The molecule has 1 aromatic carbocycles. The zero-order chi connectivity index (χ0) is 11.8. The molecule has 1 aromatic rings. The highest BCUT2D eigenvalue weighted by Crippen LogP contribution is 2.06. The number of carbonyl (C=O) groups excluding carboxylic acids is 1. The van der Waals surface area contributed by atoms with Crippen molar-refractivity contribution in [1.29, 1.82) is 0 Å². The molecular formula is C12H17BNOP. The SMILES string of the molecule is [B]CCC(=O)NCc1ccc(CCP)cc1. The van der Waals surface area contributed by atoms with Crippen LogP contribution in [0.3, 0.4) is 0 Å². The Hall–Kier alpha value is -0.815. The van der Waals surface area contributed by atoms with Crippen LogP contribution in [0.2, 0.25) is 6.32 Å². The van der Waals surface area contributed by atoms with Gasteiger partial charge in [-0.3, -0.25) is 4.79 Å². The molecule has 1 N–H and O–H groups in total. The molecular weight excluding hydrogens is 216 g/mol. The van der Waals surface area contributed by atoms with Gasteiger partial charge in [0.25, 0.3) is 0 Å². The van der Waals surface area contributed by atoms with E-state index < -0.39 is 0 Å². The molecule has 0 heterocycles. The summed E-state index contributed by atoms with van der Waals surface area (Å²) < 4.78 is 0. The van der Waals surface area contributed by atoms with Crippen LogP contribution < -0.4 is 5.32 Å². The Bertz CT molecular complexity index is 326. The van der Waals surface area contributed by atoms with Gasteiger partial charge in [-0.1, -0.05) is 30.6 Å². The van der Waals surface area contributed by atoms with Crippen LogP contribution in [0.25, 0.3) is 0 Å². The van der Waals surface area contributed by atoms with Crippen LogP contribution in [0.4, 0.5) is 0 Å². The molecule has 0 spiro atoms. The fourth-order valence-corrected chi connectivity index (χ4v) is 1.74. The molecule has 0 saturated heterocycles. The number of carbonyl (C=O) groups is 1. The van der Waals surface area contributed by atoms with Gasteiger partial charge in [-0.05, 0) is 23.7 Å². The first-order valence-electron chi connectivity index (χ1n) is 5.51. The molecule has 0 saturated carbocycles. The summed E-state index contributed by atoms with van der Waals surface area (Å²) in [6.07, 6.45) is 2.95. The third kappa shape index (κ3) is 4.80. The predicted octanol–water partition coefficient (Wildman–Crippen LogP) is 1.70. The minimum atomic E-state index is 0.0107. The van der Waals surface area contributed by atoms with E-state index in [9.17, 15) is 4.79 Å². The average molecular weight is 233 g/mol. The number of aryl methyl sites for hydroxylation is 1. The topological polar surface area (TPSA) is 29.1 Å². The summed E-state index contributed by atoms with van der Waals surface area (Å²) in [5.41, 5.74) is 2.45. The second kappa shape index (κ2) is 7.46. The summed E-state index contributed by atoms with van der Waals surface area (Å²) in [6.45, 7) is 0.583. The highest BCUT2D eigenvalue weighted by atomic mass is 31.0. The largest absolute Gasteiger partial charge is 0.352 e. The van der Waals surface area contributed by atoms with E-state index in [-0.39, 0.29) is 5.91 Å². The van der Waals surface area contributed by atoms with Crippen LogP contribution in [0.15, 0.2) is 24.3 Å². The minimum absolute atomic E-state index is 0.0107. The van der Waals surface area contributed by atoms with Crippen molar-refractivity contribution in [2.24, 2.45) is 0 Å². The molecule has 16 heavy (non-hydrogen) atoms. The van der Waals surface area contributed by atoms with Gasteiger partial charge < -0.3 is 5.32 Å². The van der Waals surface area contributed by atoms with Crippen LogP contribution >= 0.6 is 9.24 Å².